The van der Waals surface area contributed by atoms with Crippen LogP contribution in [-0.2, 0) is 26.7 Å². The van der Waals surface area contributed by atoms with Crippen LogP contribution in [0.5, 0.6) is 0 Å². The van der Waals surface area contributed by atoms with Gasteiger partial charge in [-0.25, -0.2) is 0 Å². The van der Waals surface area contributed by atoms with E-state index < -0.39 is 0 Å². The summed E-state index contributed by atoms with van der Waals surface area (Å²) in [5.41, 5.74) is 0.981. The topological polar surface area (TPSA) is 34.1 Å². The van der Waals surface area contributed by atoms with Gasteiger partial charge in [0.05, 0.1) is 0 Å². The van der Waals surface area contributed by atoms with Crippen LogP contribution in [0.2, 0.25) is 0 Å². The Labute approximate surface area is 82.2 Å². The number of carbonyl (C=O) groups excluding carboxylic acids is 2. The van der Waals surface area contributed by atoms with Gasteiger partial charge in [-0.1, -0.05) is 12.0 Å². The van der Waals surface area contributed by atoms with E-state index in [2.05, 4.69) is 6.08 Å². The average molecular weight is 205 g/mol. The minimum Gasteiger partial charge on any atom is -0.371 e. The molecule has 0 saturated carbocycles. The van der Waals surface area contributed by atoms with E-state index >= 15 is 0 Å². The van der Waals surface area contributed by atoms with Gasteiger partial charge < -0.3 is 9.59 Å². The molecule has 1 rings (SSSR count). The van der Waals surface area contributed by atoms with Crippen molar-refractivity contribution in [3.63, 3.8) is 0 Å². The zero-order valence-corrected chi connectivity index (χ0v) is 8.06. The number of Topliss-reactive ketones (excluding diaryl/α,β-unsaturated/α-hetero) is 2. The molecule has 0 unspecified atom stereocenters. The second-order valence-electron chi connectivity index (χ2n) is 2.49. The Kier molecular flexibility index (Phi) is 4.14. The first kappa shape index (κ1) is 11.3. The monoisotopic (exact) mass is 205 g/mol. The van der Waals surface area contributed by atoms with Crippen molar-refractivity contribution in [1.82, 2.24) is 0 Å². The van der Waals surface area contributed by atoms with Crippen LogP contribution < -0.4 is 0 Å². The molecule has 0 heterocycles. The molecule has 0 aromatic carbocycles. The molecule has 0 amide bonds. The van der Waals surface area contributed by atoms with E-state index in [4.69, 9.17) is 0 Å². The van der Waals surface area contributed by atoms with Crippen molar-refractivity contribution >= 4 is 11.6 Å². The molecule has 0 spiro atoms. The van der Waals surface area contributed by atoms with Crippen molar-refractivity contribution in [3.05, 3.63) is 23.3 Å². The van der Waals surface area contributed by atoms with E-state index in [-0.39, 0.29) is 28.6 Å². The molecule has 12 heavy (non-hydrogen) atoms. The van der Waals surface area contributed by atoms with Crippen molar-refractivity contribution < 1.29 is 26.7 Å². The molecule has 1 aliphatic carbocycles. The average Bonchev–Trinajstić information content (AvgIpc) is 2.32. The van der Waals surface area contributed by atoms with Gasteiger partial charge in [0.2, 0.25) is 0 Å². The van der Waals surface area contributed by atoms with Crippen molar-refractivity contribution in [2.75, 3.05) is 0 Å². The summed E-state index contributed by atoms with van der Waals surface area (Å²) in [6.07, 6.45) is 5.16. The van der Waals surface area contributed by atoms with E-state index in [1.165, 1.54) is 13.8 Å². The van der Waals surface area contributed by atoms with Gasteiger partial charge in [0.15, 0.2) is 0 Å². The maximum atomic E-state index is 10.9. The quantitative estimate of drug-likeness (QED) is 0.501. The molecule has 0 N–H and O–H groups in total. The second-order valence-corrected chi connectivity index (χ2v) is 2.49. The van der Waals surface area contributed by atoms with Gasteiger partial charge >= 0.3 is 0 Å². The van der Waals surface area contributed by atoms with E-state index in [0.29, 0.717) is 17.6 Å². The fraction of sp³-hybridized carbons (Fsp3) is 0.333. The van der Waals surface area contributed by atoms with Gasteiger partial charge in [0.25, 0.3) is 0 Å². The standard InChI is InChI=1S/C9H9O2.Fe/c1-6(10)8-4-3-5-9(8)7(2)11;/h4H,3H2,1-2H3;/q-1;. The molecule has 0 aliphatic heterocycles. The number of hydrogen-bond acceptors (Lipinski definition) is 2. The summed E-state index contributed by atoms with van der Waals surface area (Å²) in [5.74, 6) is -0.135. The molecular formula is C9H9FeO2-. The second kappa shape index (κ2) is 4.39. The number of carbonyl (C=O) groups is 2. The predicted octanol–water partition coefficient (Wildman–Crippen LogP) is 1.22. The first-order valence-corrected chi connectivity index (χ1v) is 3.46. The SMILES string of the molecule is CC(=O)C1=[C-]CC=C1C(C)=O.[Fe]. The molecule has 0 bridgehead atoms. The van der Waals surface area contributed by atoms with Gasteiger partial charge in [-0.15, -0.1) is 11.6 Å². The summed E-state index contributed by atoms with van der Waals surface area (Å²) in [6.45, 7) is 2.91. The summed E-state index contributed by atoms with van der Waals surface area (Å²) in [6, 6.07) is 0. The zero-order chi connectivity index (χ0) is 8.43. The summed E-state index contributed by atoms with van der Waals surface area (Å²) >= 11 is 0. The van der Waals surface area contributed by atoms with Crippen LogP contribution >= 0.6 is 0 Å². The zero-order valence-electron chi connectivity index (χ0n) is 6.95. The van der Waals surface area contributed by atoms with Crippen LogP contribution in [0.3, 0.4) is 0 Å². The Morgan fingerprint density at radius 3 is 2.25 bits per heavy atom. The molecule has 66 valence electrons. The van der Waals surface area contributed by atoms with Crippen molar-refractivity contribution in [2.24, 2.45) is 0 Å². The summed E-state index contributed by atoms with van der Waals surface area (Å²) in [4.78, 5) is 21.7. The third kappa shape index (κ3) is 2.16. The van der Waals surface area contributed by atoms with Crippen LogP contribution in [0.25, 0.3) is 0 Å². The maximum absolute atomic E-state index is 10.9. The molecule has 3 heteroatoms. The van der Waals surface area contributed by atoms with Crippen molar-refractivity contribution in [1.29, 1.82) is 0 Å². The molecule has 0 saturated heterocycles. The third-order valence-electron chi connectivity index (χ3n) is 1.59. The summed E-state index contributed by atoms with van der Waals surface area (Å²) in [5, 5.41) is 0. The fourth-order valence-electron chi connectivity index (χ4n) is 1.09. The molecule has 0 fully saturated rings. The third-order valence-corrected chi connectivity index (χ3v) is 1.59. The van der Waals surface area contributed by atoms with E-state index in [1.54, 1.807) is 6.08 Å². The van der Waals surface area contributed by atoms with Crippen LogP contribution in [0, 0.1) is 6.08 Å². The normalized spacial score (nSPS) is 14.5. The molecule has 0 aromatic rings. The smallest absolute Gasteiger partial charge is 0.106 e. The number of hydrogen-bond donors (Lipinski definition) is 0. The van der Waals surface area contributed by atoms with E-state index in [0.717, 1.165) is 0 Å². The number of ketones is 2. The van der Waals surface area contributed by atoms with Gasteiger partial charge in [-0.2, -0.15) is 6.08 Å². The minimum absolute atomic E-state index is 0. The summed E-state index contributed by atoms with van der Waals surface area (Å²) in [7, 11) is 0. The van der Waals surface area contributed by atoms with Gasteiger partial charge in [0.1, 0.15) is 5.78 Å². The first-order chi connectivity index (χ1) is 5.13. The maximum Gasteiger partial charge on any atom is 0.106 e. The van der Waals surface area contributed by atoms with Crippen molar-refractivity contribution in [3.8, 4) is 0 Å². The van der Waals surface area contributed by atoms with Gasteiger partial charge in [-0.05, 0) is 13.8 Å². The summed E-state index contributed by atoms with van der Waals surface area (Å²) < 4.78 is 0. The minimum atomic E-state index is -0.0797. The Morgan fingerprint density at radius 1 is 1.33 bits per heavy atom. The molecule has 0 atom stereocenters. The van der Waals surface area contributed by atoms with Crippen LogP contribution in [0.4, 0.5) is 0 Å². The van der Waals surface area contributed by atoms with Crippen LogP contribution in [0.1, 0.15) is 20.3 Å². The van der Waals surface area contributed by atoms with E-state index in [9.17, 15) is 9.59 Å². The molecule has 0 radical (unpaired) electrons. The van der Waals surface area contributed by atoms with Crippen molar-refractivity contribution in [2.45, 2.75) is 20.3 Å². The fourth-order valence-corrected chi connectivity index (χ4v) is 1.09. The molecular weight excluding hydrogens is 196 g/mol. The Morgan fingerprint density at radius 2 is 1.92 bits per heavy atom. The van der Waals surface area contributed by atoms with Gasteiger partial charge in [-0.3, -0.25) is 0 Å². The van der Waals surface area contributed by atoms with E-state index in [1.807, 2.05) is 0 Å². The number of rotatable bonds is 2. The number of allylic oxidation sites excluding steroid dienone is 4. The van der Waals surface area contributed by atoms with Crippen LogP contribution in [-0.4, -0.2) is 11.6 Å². The predicted molar refractivity (Wildman–Crippen MR) is 40.8 cm³/mol. The molecule has 0 aromatic heterocycles. The molecule has 2 nitrogen and oxygen atoms in total. The van der Waals surface area contributed by atoms with Gasteiger partial charge in [0, 0.05) is 22.9 Å². The Balaban J connectivity index is 0.00000121. The Hall–Kier alpha value is -0.661. The van der Waals surface area contributed by atoms with Crippen LogP contribution in [0.15, 0.2) is 17.2 Å². The molecule has 1 aliphatic rings. The Bertz CT molecular complexity index is 246. The largest absolute Gasteiger partial charge is 0.371 e. The first-order valence-electron chi connectivity index (χ1n) is 3.46.